The standard InChI is InChI=1S/C25H31NO2/c1-28-22-14-12-21(13-15-22)24-23-11-5-6-16-25(23,27)17-19-26(24)18-7-10-20-8-3-2-4-9-20/h2-4,7-10,12-15,23-24,27H,5-6,11,16-19H2,1H3/p+1/b10-7+/t23-,24-,25-/m0/s1. The Kier molecular flexibility index (Phi) is 5.84. The van der Waals surface area contributed by atoms with Gasteiger partial charge < -0.3 is 14.7 Å². The lowest BCUT2D eigenvalue weighted by Crippen LogP contribution is -3.14. The Balaban J connectivity index is 1.58. The molecule has 0 amide bonds. The number of rotatable bonds is 5. The van der Waals surface area contributed by atoms with Gasteiger partial charge in [0.05, 0.1) is 25.8 Å². The summed E-state index contributed by atoms with van der Waals surface area (Å²) in [4.78, 5) is 1.56. The number of benzene rings is 2. The molecule has 1 saturated heterocycles. The first-order chi connectivity index (χ1) is 13.7. The molecular weight excluding hydrogens is 346 g/mol. The van der Waals surface area contributed by atoms with E-state index in [1.807, 2.05) is 0 Å². The van der Waals surface area contributed by atoms with Crippen molar-refractivity contribution in [2.45, 2.75) is 43.7 Å². The van der Waals surface area contributed by atoms with Gasteiger partial charge in [-0.2, -0.15) is 0 Å². The van der Waals surface area contributed by atoms with Crippen LogP contribution in [0, 0.1) is 5.92 Å². The third-order valence-electron chi connectivity index (χ3n) is 6.75. The minimum absolute atomic E-state index is 0.337. The third-order valence-corrected chi connectivity index (χ3v) is 6.75. The second kappa shape index (κ2) is 8.50. The van der Waals surface area contributed by atoms with E-state index in [-0.39, 0.29) is 0 Å². The lowest BCUT2D eigenvalue weighted by Gasteiger charge is -2.50. The fourth-order valence-corrected chi connectivity index (χ4v) is 5.27. The first-order valence-electron chi connectivity index (χ1n) is 10.6. The van der Waals surface area contributed by atoms with Crippen molar-refractivity contribution >= 4 is 6.08 Å². The summed E-state index contributed by atoms with van der Waals surface area (Å²) in [6.45, 7) is 2.00. The second-order valence-corrected chi connectivity index (χ2v) is 8.38. The quantitative estimate of drug-likeness (QED) is 0.833. The molecule has 3 heteroatoms. The number of nitrogens with one attached hydrogen (secondary N) is 1. The maximum atomic E-state index is 11.4. The van der Waals surface area contributed by atoms with Crippen molar-refractivity contribution in [3.63, 3.8) is 0 Å². The first kappa shape index (κ1) is 19.2. The summed E-state index contributed by atoms with van der Waals surface area (Å²) in [7, 11) is 1.71. The average Bonchev–Trinajstić information content (AvgIpc) is 2.74. The van der Waals surface area contributed by atoms with Crippen LogP contribution >= 0.6 is 0 Å². The smallest absolute Gasteiger partial charge is 0.119 e. The van der Waals surface area contributed by atoms with Crippen molar-refractivity contribution in [1.29, 1.82) is 0 Å². The molecule has 0 radical (unpaired) electrons. The molecule has 0 spiro atoms. The molecule has 3 nitrogen and oxygen atoms in total. The van der Waals surface area contributed by atoms with Gasteiger partial charge in [0.1, 0.15) is 11.8 Å². The van der Waals surface area contributed by atoms with Gasteiger partial charge in [-0.15, -0.1) is 0 Å². The van der Waals surface area contributed by atoms with Crippen LogP contribution in [0.25, 0.3) is 6.08 Å². The van der Waals surface area contributed by atoms with Crippen LogP contribution in [0.15, 0.2) is 60.7 Å². The van der Waals surface area contributed by atoms with E-state index in [9.17, 15) is 5.11 Å². The van der Waals surface area contributed by atoms with Crippen molar-refractivity contribution in [2.75, 3.05) is 20.2 Å². The van der Waals surface area contributed by atoms with Gasteiger partial charge in [0.25, 0.3) is 0 Å². The number of methoxy groups -OCH3 is 1. The molecule has 2 aromatic rings. The lowest BCUT2D eigenvalue weighted by molar-refractivity contribution is -0.939. The van der Waals surface area contributed by atoms with E-state index in [1.54, 1.807) is 12.0 Å². The Morgan fingerprint density at radius 1 is 1.07 bits per heavy atom. The largest absolute Gasteiger partial charge is 0.497 e. The van der Waals surface area contributed by atoms with E-state index in [2.05, 4.69) is 66.7 Å². The fraction of sp³-hybridized carbons (Fsp3) is 0.440. The second-order valence-electron chi connectivity index (χ2n) is 8.38. The molecule has 1 saturated carbocycles. The molecule has 2 aliphatic rings. The summed E-state index contributed by atoms with van der Waals surface area (Å²) in [5.74, 6) is 1.23. The Hall–Kier alpha value is -2.10. The Morgan fingerprint density at radius 3 is 2.61 bits per heavy atom. The fourth-order valence-electron chi connectivity index (χ4n) is 5.27. The van der Waals surface area contributed by atoms with Crippen LogP contribution < -0.4 is 9.64 Å². The number of piperidine rings is 1. The van der Waals surface area contributed by atoms with E-state index in [4.69, 9.17) is 4.74 Å². The molecular formula is C25H32NO2+. The van der Waals surface area contributed by atoms with Crippen LogP contribution in [0.5, 0.6) is 5.75 Å². The predicted molar refractivity (Wildman–Crippen MR) is 113 cm³/mol. The maximum Gasteiger partial charge on any atom is 0.119 e. The molecule has 4 atom stereocenters. The summed E-state index contributed by atoms with van der Waals surface area (Å²) >= 11 is 0. The molecule has 2 N–H and O–H groups in total. The van der Waals surface area contributed by atoms with Crippen LogP contribution in [0.1, 0.15) is 49.3 Å². The van der Waals surface area contributed by atoms with E-state index >= 15 is 0 Å². The molecule has 2 fully saturated rings. The molecule has 2 aromatic carbocycles. The molecule has 1 aliphatic carbocycles. The zero-order chi connectivity index (χ0) is 19.4. The van der Waals surface area contributed by atoms with Gasteiger partial charge in [-0.25, -0.2) is 0 Å². The molecule has 1 unspecified atom stereocenters. The van der Waals surface area contributed by atoms with Crippen LogP contribution in [0.2, 0.25) is 0 Å². The molecule has 0 bridgehead atoms. The SMILES string of the molecule is COc1ccc([C@H]2[C@@H]3CCCC[C@]3(O)CC[NH+]2C/C=C/c2ccccc2)cc1. The van der Waals surface area contributed by atoms with Crippen LogP contribution in [0.4, 0.5) is 0 Å². The minimum Gasteiger partial charge on any atom is -0.497 e. The first-order valence-corrected chi connectivity index (χ1v) is 10.6. The monoisotopic (exact) mass is 378 g/mol. The van der Waals surface area contributed by atoms with Crippen molar-refractivity contribution in [3.05, 3.63) is 71.8 Å². The van der Waals surface area contributed by atoms with Gasteiger partial charge in [-0.05, 0) is 48.7 Å². The Bertz CT molecular complexity index is 786. The van der Waals surface area contributed by atoms with Crippen LogP contribution in [-0.4, -0.2) is 30.9 Å². The Morgan fingerprint density at radius 2 is 1.86 bits per heavy atom. The highest BCUT2D eigenvalue weighted by Crippen LogP contribution is 2.44. The number of aliphatic hydroxyl groups is 1. The number of quaternary nitrogens is 1. The number of ether oxygens (including phenoxy) is 1. The minimum atomic E-state index is -0.491. The van der Waals surface area contributed by atoms with Crippen LogP contribution in [-0.2, 0) is 0 Å². The molecule has 0 aromatic heterocycles. The van der Waals surface area contributed by atoms with E-state index < -0.39 is 5.60 Å². The normalized spacial score (nSPS) is 30.1. The number of hydrogen-bond donors (Lipinski definition) is 2. The molecule has 4 rings (SSSR count). The molecule has 28 heavy (non-hydrogen) atoms. The molecule has 148 valence electrons. The summed E-state index contributed by atoms with van der Waals surface area (Å²) < 4.78 is 5.36. The lowest BCUT2D eigenvalue weighted by atomic mass is 9.66. The van der Waals surface area contributed by atoms with Gasteiger partial charge >= 0.3 is 0 Å². The van der Waals surface area contributed by atoms with Crippen LogP contribution in [0.3, 0.4) is 0 Å². The van der Waals surface area contributed by atoms with Crippen molar-refractivity contribution in [3.8, 4) is 5.75 Å². The molecule has 1 aliphatic heterocycles. The van der Waals surface area contributed by atoms with Gasteiger partial charge in [0.2, 0.25) is 0 Å². The van der Waals surface area contributed by atoms with Crippen molar-refractivity contribution < 1.29 is 14.7 Å². The number of likely N-dealkylation sites (tertiary alicyclic amines) is 1. The highest BCUT2D eigenvalue weighted by Gasteiger charge is 2.51. The predicted octanol–water partition coefficient (Wildman–Crippen LogP) is 3.66. The van der Waals surface area contributed by atoms with E-state index in [1.165, 1.54) is 17.5 Å². The summed E-state index contributed by atoms with van der Waals surface area (Å²) in [6, 6.07) is 19.3. The van der Waals surface area contributed by atoms with E-state index in [0.717, 1.165) is 44.5 Å². The molecule has 1 heterocycles. The summed E-state index contributed by atoms with van der Waals surface area (Å²) in [5.41, 5.74) is 2.08. The number of fused-ring (bicyclic) bond motifs is 1. The van der Waals surface area contributed by atoms with Crippen molar-refractivity contribution in [2.24, 2.45) is 5.92 Å². The average molecular weight is 379 g/mol. The zero-order valence-corrected chi connectivity index (χ0v) is 16.8. The van der Waals surface area contributed by atoms with Gasteiger partial charge in [-0.3, -0.25) is 0 Å². The summed E-state index contributed by atoms with van der Waals surface area (Å²) in [6.07, 6.45) is 9.90. The zero-order valence-electron chi connectivity index (χ0n) is 16.8. The van der Waals surface area contributed by atoms with E-state index in [0.29, 0.717) is 12.0 Å². The highest BCUT2D eigenvalue weighted by molar-refractivity contribution is 5.48. The number of hydrogen-bond acceptors (Lipinski definition) is 2. The van der Waals surface area contributed by atoms with Gasteiger partial charge in [-0.1, -0.05) is 49.2 Å². The van der Waals surface area contributed by atoms with Gasteiger partial charge in [0.15, 0.2) is 0 Å². The maximum absolute atomic E-state index is 11.4. The topological polar surface area (TPSA) is 33.9 Å². The third kappa shape index (κ3) is 4.01. The highest BCUT2D eigenvalue weighted by atomic mass is 16.5. The van der Waals surface area contributed by atoms with Gasteiger partial charge in [0, 0.05) is 17.9 Å². The van der Waals surface area contributed by atoms with Crippen molar-refractivity contribution in [1.82, 2.24) is 0 Å². The summed E-state index contributed by atoms with van der Waals surface area (Å²) in [5, 5.41) is 11.4. The Labute approximate surface area is 168 Å².